The summed E-state index contributed by atoms with van der Waals surface area (Å²) in [4.78, 5) is 0. The molecular formula is C16H21Cl2OTi. The summed E-state index contributed by atoms with van der Waals surface area (Å²) in [5.41, 5.74) is 6.89. The molecule has 20 heavy (non-hydrogen) atoms. The monoisotopic (exact) mass is 347 g/mol. The van der Waals surface area contributed by atoms with Crippen LogP contribution in [0.15, 0.2) is 41.5 Å². The second-order valence-corrected chi connectivity index (χ2v) is 5.39. The van der Waals surface area contributed by atoms with Crippen molar-refractivity contribution in [2.24, 2.45) is 5.92 Å². The van der Waals surface area contributed by atoms with Gasteiger partial charge in [0.1, 0.15) is 0 Å². The fraction of sp³-hybridized carbons (Fsp3) is 0.375. The van der Waals surface area contributed by atoms with E-state index in [1.807, 2.05) is 0 Å². The van der Waals surface area contributed by atoms with Gasteiger partial charge in [-0.05, 0) is 0 Å². The van der Waals surface area contributed by atoms with Gasteiger partial charge >= 0.3 is 122 Å². The summed E-state index contributed by atoms with van der Waals surface area (Å²) < 4.78 is 5.49. The maximum atomic E-state index is 5.49. The van der Waals surface area contributed by atoms with Crippen molar-refractivity contribution < 1.29 is 24.1 Å². The Morgan fingerprint density at radius 2 is 1.75 bits per heavy atom. The summed E-state index contributed by atoms with van der Waals surface area (Å²) in [6, 6.07) is 8.59. The van der Waals surface area contributed by atoms with Crippen LogP contribution in [-0.4, -0.2) is 0 Å². The molecule has 0 bridgehead atoms. The zero-order valence-corrected chi connectivity index (χ0v) is 15.5. The van der Waals surface area contributed by atoms with Crippen molar-refractivity contribution in [3.63, 3.8) is 0 Å². The predicted octanol–water partition coefficient (Wildman–Crippen LogP) is 5.44. The first kappa shape index (κ1) is 20.0. The Labute approximate surface area is 146 Å². The van der Waals surface area contributed by atoms with Crippen molar-refractivity contribution in [1.82, 2.24) is 0 Å². The predicted molar refractivity (Wildman–Crippen MR) is 86.0 cm³/mol. The summed E-state index contributed by atoms with van der Waals surface area (Å²) in [6.07, 6.45) is 2.48. The number of rotatable bonds is 3. The van der Waals surface area contributed by atoms with Crippen LogP contribution in [-0.2, 0) is 24.1 Å². The summed E-state index contributed by atoms with van der Waals surface area (Å²) in [6.45, 7) is 8.79. The van der Waals surface area contributed by atoms with Crippen LogP contribution in [0.3, 0.4) is 0 Å². The van der Waals surface area contributed by atoms with Crippen LogP contribution in [0.25, 0.3) is 5.57 Å². The summed E-state index contributed by atoms with van der Waals surface area (Å²) in [7, 11) is 0. The van der Waals surface area contributed by atoms with E-state index in [0.29, 0.717) is 5.92 Å². The smallest absolute Gasteiger partial charge is 0.147 e. The van der Waals surface area contributed by atoms with Gasteiger partial charge in [0, 0.05) is 0 Å². The van der Waals surface area contributed by atoms with Crippen LogP contribution in [0, 0.1) is 5.92 Å². The standard InChI is InChI=1S/C16H19O.2ClH.Ti/c1-10-9-11(2)16(12(10)3)15-8-6-5-7-14(15)13(4)17;;;/h5-9,11,13H,1-4H3;2*1H;/q-1;;;+1. The second-order valence-electron chi connectivity index (χ2n) is 5.02. The van der Waals surface area contributed by atoms with Crippen molar-refractivity contribution >= 4 is 30.4 Å². The Hall–Kier alpha value is -0.0457. The number of hydrogen-bond donors (Lipinski definition) is 0. The minimum Gasteiger partial charge on any atom is -0.147 e. The molecule has 1 aromatic rings. The van der Waals surface area contributed by atoms with Crippen molar-refractivity contribution in [1.29, 1.82) is 0 Å². The van der Waals surface area contributed by atoms with E-state index in [9.17, 15) is 0 Å². The van der Waals surface area contributed by atoms with E-state index in [1.165, 1.54) is 27.8 Å². The topological polar surface area (TPSA) is 9.23 Å². The first-order chi connectivity index (χ1) is 8.56. The molecule has 2 unspecified atom stereocenters. The molecule has 2 atom stereocenters. The summed E-state index contributed by atoms with van der Waals surface area (Å²) in [5.74, 6) is 0.496. The molecule has 0 saturated heterocycles. The average Bonchev–Trinajstić information content (AvgIpc) is 2.62. The molecule has 0 radical (unpaired) electrons. The maximum absolute atomic E-state index is 5.49. The van der Waals surface area contributed by atoms with Crippen LogP contribution in [0.2, 0.25) is 0 Å². The molecule has 0 heterocycles. The normalized spacial score (nSPS) is 18.9. The minimum absolute atomic E-state index is 0. The quantitative estimate of drug-likeness (QED) is 0.661. The van der Waals surface area contributed by atoms with E-state index < -0.39 is 0 Å². The molecule has 0 amide bonds. The molecule has 1 aliphatic rings. The third-order valence-corrected chi connectivity index (χ3v) is 4.37. The molecule has 4 heteroatoms. The van der Waals surface area contributed by atoms with Crippen LogP contribution in [0.1, 0.15) is 44.9 Å². The Balaban J connectivity index is 0.00000180. The molecule has 1 aliphatic carbocycles. The Morgan fingerprint density at radius 3 is 2.25 bits per heavy atom. The zero-order valence-electron chi connectivity index (χ0n) is 12.3. The minimum atomic E-state index is 0. The third-order valence-electron chi connectivity index (χ3n) is 3.82. The summed E-state index contributed by atoms with van der Waals surface area (Å²) in [5, 5.41) is 0. The fourth-order valence-electron chi connectivity index (χ4n) is 2.74. The van der Waals surface area contributed by atoms with Crippen LogP contribution in [0.5, 0.6) is 0 Å². The van der Waals surface area contributed by atoms with Gasteiger partial charge in [-0.25, -0.2) is 0 Å². The molecule has 0 saturated carbocycles. The van der Waals surface area contributed by atoms with E-state index >= 15 is 0 Å². The van der Waals surface area contributed by atoms with Crippen molar-refractivity contribution in [3.05, 3.63) is 52.6 Å². The number of halogens is 2. The zero-order chi connectivity index (χ0) is 13.3. The van der Waals surface area contributed by atoms with Crippen molar-refractivity contribution in [3.8, 4) is 0 Å². The largest absolute Gasteiger partial charge is 0.147 e. The molecule has 109 valence electrons. The van der Waals surface area contributed by atoms with Gasteiger partial charge in [0.15, 0.2) is 0 Å². The fourth-order valence-corrected chi connectivity index (χ4v) is 2.94. The van der Waals surface area contributed by atoms with E-state index in [0.717, 1.165) is 0 Å². The van der Waals surface area contributed by atoms with Gasteiger partial charge in [0.2, 0.25) is 0 Å². The number of allylic oxidation sites excluding steroid dienone is 4. The van der Waals surface area contributed by atoms with Crippen molar-refractivity contribution in [2.45, 2.75) is 33.8 Å². The Bertz CT molecular complexity index is 523. The SMILES string of the molecule is CC1=CC(C)C(c2ccccc2C(C)[O][Ti])=C1C.Cl.Cl. The van der Waals surface area contributed by atoms with Gasteiger partial charge in [-0.1, -0.05) is 0 Å². The maximum Gasteiger partial charge on any atom is -0.147 e. The molecule has 0 spiro atoms. The molecule has 1 nitrogen and oxygen atoms in total. The molecule has 1 aromatic carbocycles. The average molecular weight is 348 g/mol. The Kier molecular flexibility index (Phi) is 8.39. The van der Waals surface area contributed by atoms with Crippen LogP contribution in [0.4, 0.5) is 0 Å². The van der Waals surface area contributed by atoms with Gasteiger partial charge in [-0.2, -0.15) is 0 Å². The molecule has 0 aliphatic heterocycles. The van der Waals surface area contributed by atoms with Gasteiger partial charge in [0.05, 0.1) is 0 Å². The second kappa shape index (κ2) is 8.41. The van der Waals surface area contributed by atoms with E-state index in [4.69, 9.17) is 3.32 Å². The van der Waals surface area contributed by atoms with Gasteiger partial charge in [-0.15, -0.1) is 24.8 Å². The van der Waals surface area contributed by atoms with E-state index in [2.05, 4.69) is 58.0 Å². The number of hydrogen-bond acceptors (Lipinski definition) is 1. The van der Waals surface area contributed by atoms with E-state index in [-0.39, 0.29) is 30.9 Å². The Morgan fingerprint density at radius 1 is 1.15 bits per heavy atom. The molecule has 2 rings (SSSR count). The molecule has 0 N–H and O–H groups in total. The first-order valence-corrected chi connectivity index (χ1v) is 7.01. The number of benzene rings is 1. The molecule has 0 fully saturated rings. The summed E-state index contributed by atoms with van der Waals surface area (Å²) >= 11 is 1.77. The third kappa shape index (κ3) is 3.78. The van der Waals surface area contributed by atoms with Gasteiger partial charge in [-0.3, -0.25) is 0 Å². The molecular weight excluding hydrogens is 327 g/mol. The van der Waals surface area contributed by atoms with Gasteiger partial charge in [0.25, 0.3) is 0 Å². The van der Waals surface area contributed by atoms with E-state index in [1.54, 1.807) is 20.8 Å². The van der Waals surface area contributed by atoms with Crippen molar-refractivity contribution in [2.75, 3.05) is 0 Å². The van der Waals surface area contributed by atoms with Gasteiger partial charge < -0.3 is 0 Å². The first-order valence-electron chi connectivity index (χ1n) is 6.37. The molecule has 0 aromatic heterocycles. The van der Waals surface area contributed by atoms with Crippen LogP contribution < -0.4 is 0 Å². The van der Waals surface area contributed by atoms with Crippen LogP contribution >= 0.6 is 24.8 Å².